The monoisotopic (exact) mass is 497 g/mol. The van der Waals surface area contributed by atoms with Crippen molar-refractivity contribution >= 4 is 44.9 Å². The topological polar surface area (TPSA) is 86.8 Å². The quantitative estimate of drug-likeness (QED) is 0.699. The van der Waals surface area contributed by atoms with Crippen molar-refractivity contribution in [3.63, 3.8) is 0 Å². The van der Waals surface area contributed by atoms with Crippen molar-refractivity contribution in [3.05, 3.63) is 60.2 Å². The predicted octanol–water partition coefficient (Wildman–Crippen LogP) is 3.45. The molecule has 0 saturated carbocycles. The summed E-state index contributed by atoms with van der Waals surface area (Å²) in [6.45, 7) is 1.92. The average molecular weight is 498 g/mol. The van der Waals surface area contributed by atoms with Crippen LogP contribution in [0.4, 0.5) is 5.69 Å². The lowest BCUT2D eigenvalue weighted by molar-refractivity contribution is -0.136. The Labute approximate surface area is 204 Å². The second-order valence-electron chi connectivity index (χ2n) is 8.80. The molecule has 0 bridgehead atoms. The second-order valence-corrected chi connectivity index (χ2v) is 11.8. The third-order valence-electron chi connectivity index (χ3n) is 6.69. The molecule has 5 rings (SSSR count). The summed E-state index contributed by atoms with van der Waals surface area (Å²) in [5.41, 5.74) is 3.01. The summed E-state index contributed by atoms with van der Waals surface area (Å²) in [7, 11) is -3.69. The fourth-order valence-electron chi connectivity index (χ4n) is 4.76. The van der Waals surface area contributed by atoms with E-state index in [1.54, 1.807) is 12.1 Å². The first-order valence-corrected chi connectivity index (χ1v) is 13.9. The summed E-state index contributed by atoms with van der Waals surface area (Å²) in [6, 6.07) is 15.1. The standard InChI is InChI=1S/C25H27N3O4S2/c29-24-17-33-23-7-6-21(16-22(23)26-24)34(31,32)28-14-10-20(11-15-28)25(30)27-12-8-19(9-13-27)18-4-2-1-3-5-18/h1-8,16,20H,9-15,17H2,(H,26,29). The van der Waals surface area contributed by atoms with Crippen molar-refractivity contribution in [2.75, 3.05) is 37.2 Å². The molecule has 0 aromatic heterocycles. The van der Waals surface area contributed by atoms with E-state index >= 15 is 0 Å². The molecule has 1 fully saturated rings. The molecule has 1 saturated heterocycles. The van der Waals surface area contributed by atoms with Crippen LogP contribution in [-0.4, -0.2) is 61.4 Å². The van der Waals surface area contributed by atoms with Gasteiger partial charge in [-0.2, -0.15) is 4.31 Å². The van der Waals surface area contributed by atoms with Gasteiger partial charge in [0.2, 0.25) is 21.8 Å². The van der Waals surface area contributed by atoms with E-state index < -0.39 is 10.0 Å². The van der Waals surface area contributed by atoms with Crippen molar-refractivity contribution in [3.8, 4) is 0 Å². The number of hydrogen-bond donors (Lipinski definition) is 1. The Morgan fingerprint density at radius 3 is 2.50 bits per heavy atom. The number of hydrogen-bond acceptors (Lipinski definition) is 5. The van der Waals surface area contributed by atoms with Crippen LogP contribution in [0.3, 0.4) is 0 Å². The third-order valence-corrected chi connectivity index (χ3v) is 9.66. The van der Waals surface area contributed by atoms with Gasteiger partial charge in [-0.1, -0.05) is 36.4 Å². The summed E-state index contributed by atoms with van der Waals surface area (Å²) in [5, 5.41) is 2.75. The highest BCUT2D eigenvalue weighted by Gasteiger charge is 2.34. The number of anilines is 1. The smallest absolute Gasteiger partial charge is 0.243 e. The molecular weight excluding hydrogens is 470 g/mol. The van der Waals surface area contributed by atoms with E-state index in [2.05, 4.69) is 23.5 Å². The highest BCUT2D eigenvalue weighted by molar-refractivity contribution is 8.00. The van der Waals surface area contributed by atoms with Gasteiger partial charge in [-0.05, 0) is 48.6 Å². The number of piperidine rings is 1. The van der Waals surface area contributed by atoms with Gasteiger partial charge in [0.1, 0.15) is 0 Å². The predicted molar refractivity (Wildman–Crippen MR) is 133 cm³/mol. The van der Waals surface area contributed by atoms with Gasteiger partial charge in [0.05, 0.1) is 16.3 Å². The molecule has 0 atom stereocenters. The summed E-state index contributed by atoms with van der Waals surface area (Å²) in [4.78, 5) is 27.7. The number of rotatable bonds is 4. The lowest BCUT2D eigenvalue weighted by atomic mass is 9.94. The molecule has 34 heavy (non-hydrogen) atoms. The Balaban J connectivity index is 1.20. The zero-order valence-corrected chi connectivity index (χ0v) is 20.4. The number of fused-ring (bicyclic) bond motifs is 1. The van der Waals surface area contributed by atoms with Gasteiger partial charge >= 0.3 is 0 Å². The number of nitrogens with one attached hydrogen (secondary N) is 1. The molecule has 178 valence electrons. The molecule has 2 aromatic carbocycles. The third kappa shape index (κ3) is 4.64. The molecule has 0 unspecified atom stereocenters. The SMILES string of the molecule is O=C1CSc2ccc(S(=O)(=O)N3CCC(C(=O)N4CC=C(c5ccccc5)CC4)CC3)cc2N1. The number of carbonyl (C=O) groups is 2. The first kappa shape index (κ1) is 23.1. The van der Waals surface area contributed by atoms with Crippen LogP contribution in [0.1, 0.15) is 24.8 Å². The molecule has 7 nitrogen and oxygen atoms in total. The summed E-state index contributed by atoms with van der Waals surface area (Å²) in [6.07, 6.45) is 3.99. The van der Waals surface area contributed by atoms with Crippen LogP contribution < -0.4 is 5.32 Å². The number of amides is 2. The Hall–Kier alpha value is -2.62. The zero-order valence-electron chi connectivity index (χ0n) is 18.8. The van der Waals surface area contributed by atoms with Crippen molar-refractivity contribution in [1.29, 1.82) is 0 Å². The molecule has 3 heterocycles. The minimum Gasteiger partial charge on any atom is -0.338 e. The first-order valence-electron chi connectivity index (χ1n) is 11.5. The van der Waals surface area contributed by atoms with Gasteiger partial charge in [0.25, 0.3) is 0 Å². The van der Waals surface area contributed by atoms with E-state index in [9.17, 15) is 18.0 Å². The fraction of sp³-hybridized carbons (Fsp3) is 0.360. The Morgan fingerprint density at radius 1 is 1.03 bits per heavy atom. The number of carbonyl (C=O) groups excluding carboxylic acids is 2. The number of thioether (sulfide) groups is 1. The lowest BCUT2D eigenvalue weighted by Gasteiger charge is -2.35. The highest BCUT2D eigenvalue weighted by Crippen LogP contribution is 2.35. The van der Waals surface area contributed by atoms with E-state index in [0.717, 1.165) is 11.3 Å². The molecular formula is C25H27N3O4S2. The Kier molecular flexibility index (Phi) is 6.50. The summed E-state index contributed by atoms with van der Waals surface area (Å²) < 4.78 is 27.9. The average Bonchev–Trinajstić information content (AvgIpc) is 2.88. The van der Waals surface area contributed by atoms with Crippen LogP contribution in [0.5, 0.6) is 0 Å². The zero-order chi connectivity index (χ0) is 23.7. The van der Waals surface area contributed by atoms with E-state index in [-0.39, 0.29) is 22.6 Å². The first-order chi connectivity index (χ1) is 16.4. The Morgan fingerprint density at radius 2 is 1.79 bits per heavy atom. The minimum absolute atomic E-state index is 0.119. The summed E-state index contributed by atoms with van der Waals surface area (Å²) >= 11 is 1.40. The van der Waals surface area contributed by atoms with Crippen molar-refractivity contribution < 1.29 is 18.0 Å². The molecule has 9 heteroatoms. The van der Waals surface area contributed by atoms with Gasteiger partial charge in [0, 0.05) is 37.0 Å². The molecule has 0 aliphatic carbocycles. The van der Waals surface area contributed by atoms with Crippen LogP contribution in [0.15, 0.2) is 64.4 Å². The van der Waals surface area contributed by atoms with Gasteiger partial charge in [-0.25, -0.2) is 8.42 Å². The van der Waals surface area contributed by atoms with E-state index in [4.69, 9.17) is 0 Å². The maximum atomic E-state index is 13.2. The fourth-order valence-corrected chi connectivity index (χ4v) is 7.04. The van der Waals surface area contributed by atoms with Crippen molar-refractivity contribution in [1.82, 2.24) is 9.21 Å². The van der Waals surface area contributed by atoms with Crippen LogP contribution >= 0.6 is 11.8 Å². The maximum Gasteiger partial charge on any atom is 0.243 e. The summed E-state index contributed by atoms with van der Waals surface area (Å²) in [5.74, 6) is 0.169. The van der Waals surface area contributed by atoms with Crippen LogP contribution in [0.25, 0.3) is 5.57 Å². The van der Waals surface area contributed by atoms with Gasteiger partial charge < -0.3 is 10.2 Å². The molecule has 0 spiro atoms. The van der Waals surface area contributed by atoms with E-state index in [1.165, 1.54) is 33.3 Å². The van der Waals surface area contributed by atoms with Crippen LogP contribution in [-0.2, 0) is 19.6 Å². The molecule has 2 aromatic rings. The van der Waals surface area contributed by atoms with Gasteiger partial charge in [-0.15, -0.1) is 11.8 Å². The normalized spacial score (nSPS) is 19.8. The Bertz CT molecular complexity index is 1240. The van der Waals surface area contributed by atoms with Gasteiger partial charge in [0.15, 0.2) is 0 Å². The minimum atomic E-state index is -3.69. The van der Waals surface area contributed by atoms with Crippen LogP contribution in [0.2, 0.25) is 0 Å². The highest BCUT2D eigenvalue weighted by atomic mass is 32.2. The van der Waals surface area contributed by atoms with Crippen molar-refractivity contribution in [2.24, 2.45) is 5.92 Å². The number of sulfonamides is 1. The molecule has 3 aliphatic heterocycles. The van der Waals surface area contributed by atoms with E-state index in [1.807, 2.05) is 23.1 Å². The van der Waals surface area contributed by atoms with E-state index in [0.29, 0.717) is 50.5 Å². The maximum absolute atomic E-state index is 13.2. The largest absolute Gasteiger partial charge is 0.338 e. The second kappa shape index (κ2) is 9.56. The number of benzene rings is 2. The van der Waals surface area contributed by atoms with Crippen LogP contribution in [0, 0.1) is 5.92 Å². The van der Waals surface area contributed by atoms with Gasteiger partial charge in [-0.3, -0.25) is 9.59 Å². The molecule has 1 N–H and O–H groups in total. The molecule has 0 radical (unpaired) electrons. The van der Waals surface area contributed by atoms with Crippen molar-refractivity contribution in [2.45, 2.75) is 29.1 Å². The molecule has 3 aliphatic rings. The molecule has 2 amide bonds. The number of nitrogens with zero attached hydrogens (tertiary/aromatic N) is 2. The lowest BCUT2D eigenvalue weighted by Crippen LogP contribution is -2.45.